The smallest absolute Gasteiger partial charge is 0.252 e. The molecule has 6 heteroatoms. The summed E-state index contributed by atoms with van der Waals surface area (Å²) in [6, 6.07) is 15.7. The lowest BCUT2D eigenvalue weighted by molar-refractivity contribution is -0.130. The highest BCUT2D eigenvalue weighted by Gasteiger charge is 2.44. The summed E-state index contributed by atoms with van der Waals surface area (Å²) in [6.07, 6.45) is 0.953. The van der Waals surface area contributed by atoms with E-state index >= 15 is 0 Å². The van der Waals surface area contributed by atoms with Crippen LogP contribution in [0, 0.1) is 11.2 Å². The van der Waals surface area contributed by atoms with Gasteiger partial charge in [-0.1, -0.05) is 30.3 Å². The molecule has 146 valence electrons. The lowest BCUT2D eigenvalue weighted by Gasteiger charge is -2.32. The summed E-state index contributed by atoms with van der Waals surface area (Å²) in [5.74, 6) is -0.422. The predicted molar refractivity (Wildman–Crippen MR) is 103 cm³/mol. The van der Waals surface area contributed by atoms with Crippen LogP contribution >= 0.6 is 0 Å². The number of likely N-dealkylation sites (tertiary alicyclic amines) is 1. The third-order valence-electron chi connectivity index (χ3n) is 5.53. The van der Waals surface area contributed by atoms with Gasteiger partial charge in [0.2, 0.25) is 5.91 Å². The molecule has 2 saturated heterocycles. The highest BCUT2D eigenvalue weighted by molar-refractivity contribution is 5.94. The molecule has 4 rings (SSSR count). The number of ether oxygens (including phenoxy) is 1. The lowest BCUT2D eigenvalue weighted by Crippen LogP contribution is -2.43. The molecular weight excluding hydrogens is 359 g/mol. The summed E-state index contributed by atoms with van der Waals surface area (Å²) in [5.41, 5.74) is 1.24. The van der Waals surface area contributed by atoms with E-state index in [1.807, 2.05) is 35.2 Å². The van der Waals surface area contributed by atoms with E-state index in [0.717, 1.165) is 12.1 Å². The number of carbonyl (C=O) groups is 2. The highest BCUT2D eigenvalue weighted by atomic mass is 19.1. The lowest BCUT2D eigenvalue weighted by atomic mass is 9.87. The quantitative estimate of drug-likeness (QED) is 0.820. The molecule has 1 atom stereocenters. The van der Waals surface area contributed by atoms with Crippen LogP contribution in [-0.4, -0.2) is 49.6 Å². The first-order valence-corrected chi connectivity index (χ1v) is 9.50. The minimum absolute atomic E-state index is 0.0238. The number of anilines is 1. The molecule has 2 aliphatic rings. The van der Waals surface area contributed by atoms with Crippen LogP contribution in [0.5, 0.6) is 0 Å². The number of nitrogens with zero attached hydrogens (tertiary/aromatic N) is 2. The standard InChI is InChI=1S/C22H23FN2O3/c23-18-6-4-5-17(11-18)12-20(26)24-10-9-22(14-24)15-25(21(27)13-28-16-22)19-7-2-1-3-8-19/h1-8,11H,9-10,12-16H2. The van der Waals surface area contributed by atoms with Gasteiger partial charge in [-0.05, 0) is 36.2 Å². The molecule has 2 aromatic carbocycles. The molecule has 0 saturated carbocycles. The van der Waals surface area contributed by atoms with Gasteiger partial charge in [-0.2, -0.15) is 0 Å². The van der Waals surface area contributed by atoms with Crippen LogP contribution in [0.25, 0.3) is 0 Å². The topological polar surface area (TPSA) is 49.9 Å². The van der Waals surface area contributed by atoms with Crippen molar-refractivity contribution in [1.82, 2.24) is 4.90 Å². The normalized spacial score (nSPS) is 22.5. The van der Waals surface area contributed by atoms with Gasteiger partial charge in [-0.15, -0.1) is 0 Å². The molecule has 2 amide bonds. The van der Waals surface area contributed by atoms with Crippen molar-refractivity contribution >= 4 is 17.5 Å². The number of hydrogen-bond acceptors (Lipinski definition) is 3. The number of hydrogen-bond donors (Lipinski definition) is 0. The summed E-state index contributed by atoms with van der Waals surface area (Å²) in [4.78, 5) is 28.8. The fraction of sp³-hybridized carbons (Fsp3) is 0.364. The Bertz CT molecular complexity index is 873. The Balaban J connectivity index is 1.48. The van der Waals surface area contributed by atoms with E-state index in [2.05, 4.69) is 0 Å². The van der Waals surface area contributed by atoms with E-state index < -0.39 is 0 Å². The van der Waals surface area contributed by atoms with Crippen LogP contribution in [0.2, 0.25) is 0 Å². The second-order valence-electron chi connectivity index (χ2n) is 7.68. The Kier molecular flexibility index (Phi) is 5.13. The number of para-hydroxylation sites is 1. The number of benzene rings is 2. The summed E-state index contributed by atoms with van der Waals surface area (Å²) in [5, 5.41) is 0. The van der Waals surface area contributed by atoms with Gasteiger partial charge in [0, 0.05) is 30.7 Å². The Morgan fingerprint density at radius 2 is 1.93 bits per heavy atom. The van der Waals surface area contributed by atoms with Crippen LogP contribution in [0.1, 0.15) is 12.0 Å². The zero-order valence-corrected chi connectivity index (χ0v) is 15.6. The van der Waals surface area contributed by atoms with Crippen molar-refractivity contribution in [3.63, 3.8) is 0 Å². The number of rotatable bonds is 3. The van der Waals surface area contributed by atoms with Gasteiger partial charge >= 0.3 is 0 Å². The second kappa shape index (κ2) is 7.72. The molecule has 2 aliphatic heterocycles. The number of carbonyl (C=O) groups excluding carboxylic acids is 2. The molecule has 0 N–H and O–H groups in total. The van der Waals surface area contributed by atoms with E-state index in [0.29, 0.717) is 31.8 Å². The minimum Gasteiger partial charge on any atom is -0.371 e. The van der Waals surface area contributed by atoms with Gasteiger partial charge in [0.25, 0.3) is 5.91 Å². The molecule has 28 heavy (non-hydrogen) atoms. The number of halogens is 1. The fourth-order valence-corrected chi connectivity index (χ4v) is 4.07. The average molecular weight is 382 g/mol. The van der Waals surface area contributed by atoms with Crippen molar-refractivity contribution in [2.45, 2.75) is 12.8 Å². The molecule has 2 aromatic rings. The van der Waals surface area contributed by atoms with Gasteiger partial charge in [-0.3, -0.25) is 9.59 Å². The third-order valence-corrected chi connectivity index (χ3v) is 5.53. The molecule has 5 nitrogen and oxygen atoms in total. The molecule has 2 fully saturated rings. The SMILES string of the molecule is O=C(Cc1cccc(F)c1)N1CCC2(COCC(=O)N(c3ccccc3)C2)C1. The van der Waals surface area contributed by atoms with Gasteiger partial charge in [-0.25, -0.2) is 4.39 Å². The third kappa shape index (κ3) is 3.92. The molecular formula is C22H23FN2O3. The molecule has 0 aromatic heterocycles. The summed E-state index contributed by atoms with van der Waals surface area (Å²) < 4.78 is 19.1. The average Bonchev–Trinajstić information content (AvgIpc) is 3.03. The zero-order chi connectivity index (χ0) is 19.6. The fourth-order valence-electron chi connectivity index (χ4n) is 4.07. The Labute approximate surface area is 163 Å². The van der Waals surface area contributed by atoms with Gasteiger partial charge in [0.1, 0.15) is 12.4 Å². The second-order valence-corrected chi connectivity index (χ2v) is 7.68. The van der Waals surface area contributed by atoms with Crippen LogP contribution < -0.4 is 4.90 Å². The molecule has 2 heterocycles. The molecule has 1 unspecified atom stereocenters. The first-order chi connectivity index (χ1) is 13.5. The van der Waals surface area contributed by atoms with Crippen LogP contribution in [-0.2, 0) is 20.7 Å². The molecule has 1 spiro atoms. The summed E-state index contributed by atoms with van der Waals surface area (Å²) >= 11 is 0. The van der Waals surface area contributed by atoms with E-state index in [1.165, 1.54) is 12.1 Å². The van der Waals surface area contributed by atoms with Crippen molar-refractivity contribution < 1.29 is 18.7 Å². The highest BCUT2D eigenvalue weighted by Crippen LogP contribution is 2.35. The zero-order valence-electron chi connectivity index (χ0n) is 15.6. The first-order valence-electron chi connectivity index (χ1n) is 9.50. The molecule has 0 aliphatic carbocycles. The van der Waals surface area contributed by atoms with E-state index in [1.54, 1.807) is 17.0 Å². The molecule has 0 bridgehead atoms. The largest absolute Gasteiger partial charge is 0.371 e. The van der Waals surface area contributed by atoms with Gasteiger partial charge < -0.3 is 14.5 Å². The van der Waals surface area contributed by atoms with Crippen LogP contribution in [0.3, 0.4) is 0 Å². The van der Waals surface area contributed by atoms with Crippen LogP contribution in [0.4, 0.5) is 10.1 Å². The number of amides is 2. The Morgan fingerprint density at radius 3 is 2.71 bits per heavy atom. The monoisotopic (exact) mass is 382 g/mol. The van der Waals surface area contributed by atoms with Crippen LogP contribution in [0.15, 0.2) is 54.6 Å². The maximum Gasteiger partial charge on any atom is 0.252 e. The van der Waals surface area contributed by atoms with Crippen molar-refractivity contribution in [2.75, 3.05) is 37.7 Å². The first kappa shape index (κ1) is 18.6. The summed E-state index contributed by atoms with van der Waals surface area (Å²) in [7, 11) is 0. The van der Waals surface area contributed by atoms with E-state index in [9.17, 15) is 14.0 Å². The van der Waals surface area contributed by atoms with Gasteiger partial charge in [0.15, 0.2) is 0 Å². The summed E-state index contributed by atoms with van der Waals surface area (Å²) in [6.45, 7) is 2.19. The van der Waals surface area contributed by atoms with E-state index in [-0.39, 0.29) is 36.1 Å². The van der Waals surface area contributed by atoms with Crippen molar-refractivity contribution in [3.8, 4) is 0 Å². The molecule has 0 radical (unpaired) electrons. The Hall–Kier alpha value is -2.73. The predicted octanol–water partition coefficient (Wildman–Crippen LogP) is 2.65. The minimum atomic E-state index is -0.336. The Morgan fingerprint density at radius 1 is 1.11 bits per heavy atom. The van der Waals surface area contributed by atoms with Crippen molar-refractivity contribution in [1.29, 1.82) is 0 Å². The van der Waals surface area contributed by atoms with Crippen molar-refractivity contribution in [2.24, 2.45) is 5.41 Å². The van der Waals surface area contributed by atoms with Gasteiger partial charge in [0.05, 0.1) is 13.0 Å². The van der Waals surface area contributed by atoms with Crippen molar-refractivity contribution in [3.05, 3.63) is 66.0 Å². The maximum atomic E-state index is 13.4. The van der Waals surface area contributed by atoms with E-state index in [4.69, 9.17) is 4.74 Å². The maximum absolute atomic E-state index is 13.4.